The van der Waals surface area contributed by atoms with Gasteiger partial charge in [-0.2, -0.15) is 0 Å². The van der Waals surface area contributed by atoms with Crippen molar-refractivity contribution in [2.24, 2.45) is 0 Å². The van der Waals surface area contributed by atoms with Gasteiger partial charge in [-0.25, -0.2) is 0 Å². The third-order valence-electron chi connectivity index (χ3n) is 0.559. The Labute approximate surface area is 52.8 Å². The van der Waals surface area contributed by atoms with Crippen LogP contribution in [0.3, 0.4) is 0 Å². The smallest absolute Gasteiger partial charge is 0.0137 e. The third-order valence-corrected chi connectivity index (χ3v) is 1.76. The molecule has 0 bridgehead atoms. The highest BCUT2D eigenvalue weighted by Gasteiger charge is 1.75. The molecular weight excluding hydrogens is 187 g/mol. The molecular formula is C5H8I. The van der Waals surface area contributed by atoms with E-state index >= 15 is 0 Å². The van der Waals surface area contributed by atoms with Crippen molar-refractivity contribution in [1.82, 2.24) is 0 Å². The van der Waals surface area contributed by atoms with Gasteiger partial charge in [0.05, 0.1) is 0 Å². The Kier molecular flexibility index (Phi) is 3.94. The first-order valence-electron chi connectivity index (χ1n) is 1.95. The summed E-state index contributed by atoms with van der Waals surface area (Å²) < 4.78 is 1.33. The van der Waals surface area contributed by atoms with E-state index in [1.54, 1.807) is 0 Å². The molecule has 0 aliphatic carbocycles. The second-order valence-corrected chi connectivity index (χ2v) is 2.39. The average molecular weight is 195 g/mol. The van der Waals surface area contributed by atoms with Crippen molar-refractivity contribution in [2.45, 2.75) is 13.3 Å². The molecule has 0 aliphatic heterocycles. The van der Waals surface area contributed by atoms with Gasteiger partial charge in [0.15, 0.2) is 0 Å². The van der Waals surface area contributed by atoms with Crippen molar-refractivity contribution >= 4 is 22.6 Å². The fourth-order valence-corrected chi connectivity index (χ4v) is 0.144. The molecule has 0 atom stereocenters. The van der Waals surface area contributed by atoms with Gasteiger partial charge in [-0.05, 0) is 39.5 Å². The lowest BCUT2D eigenvalue weighted by Gasteiger charge is -1.82. The fraction of sp³-hybridized carbons (Fsp3) is 0.400. The van der Waals surface area contributed by atoms with E-state index in [0.717, 1.165) is 6.42 Å². The van der Waals surface area contributed by atoms with Crippen LogP contribution >= 0.6 is 22.6 Å². The van der Waals surface area contributed by atoms with Gasteiger partial charge in [0.1, 0.15) is 0 Å². The Morgan fingerprint density at radius 1 is 2.00 bits per heavy atom. The summed E-state index contributed by atoms with van der Waals surface area (Å²) in [7, 11) is 0. The van der Waals surface area contributed by atoms with Crippen LogP contribution < -0.4 is 0 Å². The van der Waals surface area contributed by atoms with E-state index < -0.39 is 0 Å². The van der Waals surface area contributed by atoms with Gasteiger partial charge < -0.3 is 0 Å². The second kappa shape index (κ2) is 3.65. The molecule has 0 unspecified atom stereocenters. The Hall–Kier alpha value is 0.470. The zero-order valence-electron chi connectivity index (χ0n) is 3.87. The van der Waals surface area contributed by atoms with E-state index in [1.807, 2.05) is 6.08 Å². The molecule has 0 saturated carbocycles. The van der Waals surface area contributed by atoms with Crippen LogP contribution in [0.1, 0.15) is 13.3 Å². The van der Waals surface area contributed by atoms with Crippen LogP contribution in [0.15, 0.2) is 9.66 Å². The zero-order chi connectivity index (χ0) is 4.99. The number of hydrogen-bond donors (Lipinski definition) is 0. The lowest BCUT2D eigenvalue weighted by molar-refractivity contribution is 1.21. The fourth-order valence-electron chi connectivity index (χ4n) is 0.144. The van der Waals surface area contributed by atoms with Gasteiger partial charge >= 0.3 is 0 Å². The van der Waals surface area contributed by atoms with Crippen molar-refractivity contribution in [3.05, 3.63) is 16.6 Å². The molecule has 1 heteroatoms. The molecule has 0 nitrogen and oxygen atoms in total. The summed E-state index contributed by atoms with van der Waals surface area (Å²) in [6, 6.07) is 0. The molecule has 6 heavy (non-hydrogen) atoms. The maximum atomic E-state index is 3.59. The maximum absolute atomic E-state index is 3.59. The van der Waals surface area contributed by atoms with Gasteiger partial charge in [-0.1, -0.05) is 13.0 Å². The molecule has 0 aliphatic rings. The third kappa shape index (κ3) is 2.69. The van der Waals surface area contributed by atoms with E-state index in [9.17, 15) is 0 Å². The van der Waals surface area contributed by atoms with Crippen LogP contribution in [0.2, 0.25) is 0 Å². The molecule has 0 aromatic carbocycles. The van der Waals surface area contributed by atoms with Gasteiger partial charge in [-0.3, -0.25) is 0 Å². The van der Waals surface area contributed by atoms with E-state index in [0.29, 0.717) is 0 Å². The Balaban J connectivity index is 3.22. The number of rotatable bonds is 1. The molecule has 1 radical (unpaired) electrons. The molecule has 0 fully saturated rings. The molecule has 35 valence electrons. The standard InChI is InChI=1S/C5H8I/c1-3-5(6)4-2/h3H,1,4H2,2H3. The highest BCUT2D eigenvalue weighted by atomic mass is 127. The quantitative estimate of drug-likeness (QED) is 0.564. The lowest BCUT2D eigenvalue weighted by Crippen LogP contribution is -1.57. The molecule has 0 heterocycles. The summed E-state index contributed by atoms with van der Waals surface area (Å²) in [4.78, 5) is 0. The van der Waals surface area contributed by atoms with Crippen molar-refractivity contribution in [3.8, 4) is 0 Å². The van der Waals surface area contributed by atoms with Crippen LogP contribution in [-0.2, 0) is 0 Å². The van der Waals surface area contributed by atoms with Gasteiger partial charge in [-0.15, -0.1) is 0 Å². The van der Waals surface area contributed by atoms with Crippen molar-refractivity contribution < 1.29 is 0 Å². The van der Waals surface area contributed by atoms with Crippen LogP contribution in [0.25, 0.3) is 0 Å². The molecule has 0 spiro atoms. The normalized spacial score (nSPS) is 12.2. The molecule has 0 N–H and O–H groups in total. The van der Waals surface area contributed by atoms with E-state index in [4.69, 9.17) is 0 Å². The summed E-state index contributed by atoms with van der Waals surface area (Å²) in [6.45, 7) is 5.70. The van der Waals surface area contributed by atoms with Crippen LogP contribution in [-0.4, -0.2) is 0 Å². The topological polar surface area (TPSA) is 0 Å². The summed E-state index contributed by atoms with van der Waals surface area (Å²) in [5, 5.41) is 0. The summed E-state index contributed by atoms with van der Waals surface area (Å²) in [6.07, 6.45) is 2.99. The predicted molar refractivity (Wildman–Crippen MR) is 37.8 cm³/mol. The average Bonchev–Trinajstić information content (AvgIpc) is 1.65. The molecule has 0 saturated heterocycles. The van der Waals surface area contributed by atoms with E-state index in [1.165, 1.54) is 3.58 Å². The predicted octanol–water partition coefficient (Wildman–Crippen LogP) is 2.55. The number of allylic oxidation sites excluding steroid dienone is 2. The Bertz CT molecular complexity index is 55.0. The largest absolute Gasteiger partial charge is 0.0749 e. The van der Waals surface area contributed by atoms with Crippen molar-refractivity contribution in [3.63, 3.8) is 0 Å². The minimum Gasteiger partial charge on any atom is -0.0749 e. The van der Waals surface area contributed by atoms with Gasteiger partial charge in [0.25, 0.3) is 0 Å². The zero-order valence-corrected chi connectivity index (χ0v) is 6.03. The SMILES string of the molecule is [CH2]C=C(I)CC. The van der Waals surface area contributed by atoms with E-state index in [2.05, 4.69) is 36.4 Å². The molecule has 0 aromatic rings. The van der Waals surface area contributed by atoms with Crippen molar-refractivity contribution in [2.75, 3.05) is 0 Å². The van der Waals surface area contributed by atoms with E-state index in [-0.39, 0.29) is 0 Å². The maximum Gasteiger partial charge on any atom is -0.0137 e. The summed E-state index contributed by atoms with van der Waals surface area (Å²) >= 11 is 2.27. The first kappa shape index (κ1) is 6.47. The number of halogens is 1. The van der Waals surface area contributed by atoms with Gasteiger partial charge in [0, 0.05) is 0 Å². The minimum atomic E-state index is 1.12. The lowest BCUT2D eigenvalue weighted by atomic mass is 10.4. The number of hydrogen-bond acceptors (Lipinski definition) is 0. The minimum absolute atomic E-state index is 1.12. The second-order valence-electron chi connectivity index (χ2n) is 1.00. The molecule has 0 amide bonds. The first-order chi connectivity index (χ1) is 2.81. The molecule has 0 rings (SSSR count). The van der Waals surface area contributed by atoms with Crippen LogP contribution in [0.4, 0.5) is 0 Å². The van der Waals surface area contributed by atoms with Crippen LogP contribution in [0, 0.1) is 6.92 Å². The first-order valence-corrected chi connectivity index (χ1v) is 3.03. The highest BCUT2D eigenvalue weighted by molar-refractivity contribution is 14.1. The summed E-state index contributed by atoms with van der Waals surface area (Å²) in [5.41, 5.74) is 0. The Morgan fingerprint density at radius 3 is 2.50 bits per heavy atom. The highest BCUT2D eigenvalue weighted by Crippen LogP contribution is 2.07. The van der Waals surface area contributed by atoms with Crippen LogP contribution in [0.5, 0.6) is 0 Å². The molecule has 0 aromatic heterocycles. The van der Waals surface area contributed by atoms with Gasteiger partial charge in [0.2, 0.25) is 0 Å². The monoisotopic (exact) mass is 195 g/mol. The Morgan fingerprint density at radius 2 is 2.50 bits per heavy atom. The summed E-state index contributed by atoms with van der Waals surface area (Å²) in [5.74, 6) is 0. The van der Waals surface area contributed by atoms with Crippen molar-refractivity contribution in [1.29, 1.82) is 0 Å².